The number of phenolic OH excluding ortho intramolecular Hbond substituents is 1. The number of thiazole rings is 1. The van der Waals surface area contributed by atoms with Gasteiger partial charge in [-0.15, -0.1) is 11.3 Å². The zero-order valence-electron chi connectivity index (χ0n) is 32.3. The third-order valence-electron chi connectivity index (χ3n) is 9.24. The second kappa shape index (κ2) is 20.8. The maximum Gasteiger partial charge on any atom is 1.00 e. The number of urea groups is 1. The standard InChI is InChI=1S/C35H44N8O12S2.Na/c1-5-17(3)27-28(46)32(50)41-23(13-19-7-10-21(44)11-8-19)33-38-20(15-56-33)9-12-26(45)39-24(16-57(53,54)55)29(47)36-14-25(43-34(51)18(4)37-35(43)52)31(49)40-22(6-2)30(48)42-27;/h7-12,15,17-18,22-25,27,44H,5-6,13-14,16H2,1-4H3,(H,36,47)(H,37,52)(H,39,45)(H,40,49)(H,41,50)(H,42,48)(H,53,54,55);/q;+1/p-1/b12-9+;/t17-,18-,22-,23-,24-,25-,27-;/m0./s1. The summed E-state index contributed by atoms with van der Waals surface area (Å²) < 4.78 is 35.2. The normalized spacial score (nSPS) is 25.4. The van der Waals surface area contributed by atoms with Crippen molar-refractivity contribution in [1.82, 2.24) is 41.8 Å². The summed E-state index contributed by atoms with van der Waals surface area (Å²) in [6, 6.07) is -3.66. The van der Waals surface area contributed by atoms with E-state index in [4.69, 9.17) is 0 Å². The smallest absolute Gasteiger partial charge is 0.748 e. The summed E-state index contributed by atoms with van der Waals surface area (Å²) in [5.41, 5.74) is 0.804. The van der Waals surface area contributed by atoms with E-state index < -0.39 is 112 Å². The van der Waals surface area contributed by atoms with Crippen LogP contribution in [0.5, 0.6) is 5.75 Å². The van der Waals surface area contributed by atoms with Crippen LogP contribution in [0.1, 0.15) is 62.8 Å². The van der Waals surface area contributed by atoms with E-state index >= 15 is 0 Å². The molecule has 0 aliphatic carbocycles. The molecule has 0 unspecified atom stereocenters. The van der Waals surface area contributed by atoms with E-state index in [2.05, 4.69) is 36.9 Å². The third-order valence-corrected chi connectivity index (χ3v) is 11.0. The molecule has 4 rings (SSSR count). The molecule has 0 spiro atoms. The minimum atomic E-state index is -5.15. The van der Waals surface area contributed by atoms with Gasteiger partial charge in [-0.05, 0) is 49.5 Å². The molecular formula is C35H43N8NaO12S2. The molecular weight excluding hydrogens is 812 g/mol. The quantitative estimate of drug-likeness (QED) is 0.0574. The van der Waals surface area contributed by atoms with Gasteiger partial charge in [0.2, 0.25) is 29.4 Å². The first-order valence-electron chi connectivity index (χ1n) is 17.8. The second-order valence-electron chi connectivity index (χ2n) is 13.5. The second-order valence-corrected chi connectivity index (χ2v) is 15.8. The first kappa shape index (κ1) is 47.6. The third kappa shape index (κ3) is 12.6. The summed E-state index contributed by atoms with van der Waals surface area (Å²) in [5, 5.41) is 25.9. The number of rotatable bonds is 8. The number of nitrogens with zero attached hydrogens (tertiary/aromatic N) is 2. The zero-order valence-corrected chi connectivity index (χ0v) is 35.9. The van der Waals surface area contributed by atoms with Crippen LogP contribution in [0, 0.1) is 5.92 Å². The molecule has 0 radical (unpaired) electrons. The number of hydrogen-bond donors (Lipinski definition) is 7. The molecule has 3 heterocycles. The Morgan fingerprint density at radius 3 is 2.16 bits per heavy atom. The molecule has 7 atom stereocenters. The molecule has 1 aromatic heterocycles. The van der Waals surface area contributed by atoms with Crippen LogP contribution in [0.3, 0.4) is 0 Å². The number of benzene rings is 1. The molecule has 2 aliphatic heterocycles. The first-order chi connectivity index (χ1) is 26.8. The number of ketones is 1. The molecule has 58 heavy (non-hydrogen) atoms. The van der Waals surface area contributed by atoms with Crippen LogP contribution in [0.15, 0.2) is 35.7 Å². The molecule has 2 aromatic rings. The molecule has 2 aliphatic rings. The number of phenols is 1. The number of imide groups is 1. The van der Waals surface area contributed by atoms with Crippen molar-refractivity contribution in [3.05, 3.63) is 52.0 Å². The number of fused-ring (bicyclic) bond motifs is 2. The van der Waals surface area contributed by atoms with E-state index in [1.54, 1.807) is 26.0 Å². The average Bonchev–Trinajstić information content (AvgIpc) is 3.73. The Kier molecular flexibility index (Phi) is 17.1. The van der Waals surface area contributed by atoms with E-state index in [1.165, 1.54) is 37.4 Å². The van der Waals surface area contributed by atoms with E-state index in [1.807, 2.05) is 0 Å². The van der Waals surface area contributed by atoms with Crippen LogP contribution in [-0.4, -0.2) is 118 Å². The zero-order chi connectivity index (χ0) is 42.2. The summed E-state index contributed by atoms with van der Waals surface area (Å²) in [4.78, 5) is 112. The van der Waals surface area contributed by atoms with Gasteiger partial charge in [-0.3, -0.25) is 33.6 Å². The monoisotopic (exact) mass is 854 g/mol. The van der Waals surface area contributed by atoms with Gasteiger partial charge in [0.05, 0.1) is 33.6 Å². The SMILES string of the molecule is CC[C@@H]1NC(=O)[C@@H](N2C(=O)N[C@@H](C)C2=O)CNC(=O)[C@H](CS(=O)(=O)[O-])NC(=O)/C=C/c2csc(n2)[C@H](Cc2ccc(O)cc2)NC(=O)C(=O)[C@H]([C@@H](C)CC)NC1=O.[Na+]. The molecule has 20 nitrogen and oxygen atoms in total. The minimum Gasteiger partial charge on any atom is -0.748 e. The molecule has 1 aromatic carbocycles. The Labute approximate surface area is 359 Å². The summed E-state index contributed by atoms with van der Waals surface area (Å²) in [6.07, 6.45) is 2.42. The van der Waals surface area contributed by atoms with Gasteiger partial charge in [0.25, 0.3) is 11.8 Å². The molecule has 0 saturated carbocycles. The van der Waals surface area contributed by atoms with Crippen LogP contribution >= 0.6 is 11.3 Å². The molecule has 1 saturated heterocycles. The van der Waals surface area contributed by atoms with Gasteiger partial charge < -0.3 is 41.6 Å². The van der Waals surface area contributed by atoms with Gasteiger partial charge in [-0.2, -0.15) is 0 Å². The number of Topliss-reactive ketones (excluding diaryl/α,β-unsaturated/α-hetero) is 1. The van der Waals surface area contributed by atoms with Crippen LogP contribution in [0.25, 0.3) is 6.08 Å². The average molecular weight is 855 g/mol. The predicted molar refractivity (Wildman–Crippen MR) is 201 cm³/mol. The Bertz CT molecular complexity index is 2040. The maximum atomic E-state index is 13.8. The van der Waals surface area contributed by atoms with Gasteiger partial charge >= 0.3 is 35.6 Å². The van der Waals surface area contributed by atoms with Crippen molar-refractivity contribution >= 4 is 74.8 Å². The molecule has 308 valence electrons. The van der Waals surface area contributed by atoms with Crippen molar-refractivity contribution in [3.63, 3.8) is 0 Å². The summed E-state index contributed by atoms with van der Waals surface area (Å²) in [6.45, 7) is 5.35. The number of aromatic hydroxyl groups is 1. The van der Waals surface area contributed by atoms with Crippen LogP contribution < -0.4 is 61.5 Å². The number of amides is 8. The largest absolute Gasteiger partial charge is 1.00 e. The van der Waals surface area contributed by atoms with Crippen molar-refractivity contribution in [3.8, 4) is 5.75 Å². The summed E-state index contributed by atoms with van der Waals surface area (Å²) in [5.74, 6) is -9.30. The summed E-state index contributed by atoms with van der Waals surface area (Å²) >= 11 is 1.06. The number of hydrogen-bond acceptors (Lipinski definition) is 14. The van der Waals surface area contributed by atoms with E-state index in [0.29, 0.717) is 16.9 Å². The fraction of sp³-hybridized carbons (Fsp3) is 0.457. The Morgan fingerprint density at radius 2 is 1.57 bits per heavy atom. The van der Waals surface area contributed by atoms with Gasteiger partial charge in [0, 0.05) is 18.0 Å². The summed E-state index contributed by atoms with van der Waals surface area (Å²) in [7, 11) is -5.15. The fourth-order valence-corrected chi connectivity index (χ4v) is 7.34. The van der Waals surface area contributed by atoms with Crippen molar-refractivity contribution in [2.75, 3.05) is 12.3 Å². The van der Waals surface area contributed by atoms with Crippen LogP contribution in [-0.2, 0) is 50.1 Å². The van der Waals surface area contributed by atoms with E-state index in [-0.39, 0.29) is 58.8 Å². The van der Waals surface area contributed by atoms with Crippen LogP contribution in [0.4, 0.5) is 4.79 Å². The van der Waals surface area contributed by atoms with Crippen molar-refractivity contribution in [1.29, 1.82) is 0 Å². The van der Waals surface area contributed by atoms with E-state index in [0.717, 1.165) is 17.4 Å². The number of carbonyl (C=O) groups is 8. The Hall–Kier alpha value is -4.74. The number of aromatic nitrogens is 1. The Morgan fingerprint density at radius 1 is 0.897 bits per heavy atom. The van der Waals surface area contributed by atoms with Gasteiger partial charge in [-0.25, -0.2) is 23.1 Å². The Balaban J connectivity index is 0.00000900. The van der Waals surface area contributed by atoms with Gasteiger partial charge in [0.1, 0.15) is 34.9 Å². The van der Waals surface area contributed by atoms with Gasteiger partial charge in [0.15, 0.2) is 0 Å². The molecule has 23 heteroatoms. The minimum absolute atomic E-state index is 0. The number of carbonyl (C=O) groups excluding carboxylic acids is 8. The van der Waals surface area contributed by atoms with Crippen molar-refractivity contribution in [2.24, 2.45) is 5.92 Å². The maximum absolute atomic E-state index is 13.8. The van der Waals surface area contributed by atoms with E-state index in [9.17, 15) is 56.4 Å². The topological polar surface area (TPSA) is 302 Å². The van der Waals surface area contributed by atoms with Crippen molar-refractivity contribution < 1.29 is 86.0 Å². The molecule has 8 amide bonds. The van der Waals surface area contributed by atoms with Gasteiger partial charge in [-0.1, -0.05) is 39.3 Å². The number of nitrogens with one attached hydrogen (secondary N) is 6. The fourth-order valence-electron chi connectivity index (χ4n) is 5.86. The van der Waals surface area contributed by atoms with Crippen LogP contribution in [0.2, 0.25) is 0 Å². The van der Waals surface area contributed by atoms with Crippen molar-refractivity contribution in [2.45, 2.75) is 83.2 Å². The molecule has 7 N–H and O–H groups in total. The molecule has 1 fully saturated rings. The predicted octanol–water partition coefficient (Wildman–Crippen LogP) is -4.27. The first-order valence-corrected chi connectivity index (χ1v) is 20.3. The molecule has 2 bridgehead atoms.